The zero-order valence-electron chi connectivity index (χ0n) is 9.07. The molecule has 0 amide bonds. The van der Waals surface area contributed by atoms with Gasteiger partial charge in [0.25, 0.3) is 0 Å². The van der Waals surface area contributed by atoms with Gasteiger partial charge in [-0.05, 0) is 32.9 Å². The molecule has 1 aromatic rings. The fourth-order valence-corrected chi connectivity index (χ4v) is 1.23. The number of hydrogen-bond donors (Lipinski definition) is 1. The van der Waals surface area contributed by atoms with E-state index in [1.54, 1.807) is 12.1 Å². The number of nitrogen functional groups attached to an aromatic ring is 1. The van der Waals surface area contributed by atoms with Crippen LogP contribution >= 0.6 is 12.4 Å². The average molecular weight is 227 g/mol. The first-order valence-electron chi connectivity index (χ1n) is 4.52. The second-order valence-electron chi connectivity index (χ2n) is 3.43. The van der Waals surface area contributed by atoms with Gasteiger partial charge in [-0.3, -0.25) is 0 Å². The summed E-state index contributed by atoms with van der Waals surface area (Å²) in [5.74, 6) is 0.624. The summed E-state index contributed by atoms with van der Waals surface area (Å²) in [5.41, 5.74) is 7.75. The normalized spacial score (nSPS) is 9.27. The van der Waals surface area contributed by atoms with Crippen molar-refractivity contribution in [2.45, 2.75) is 26.9 Å². The van der Waals surface area contributed by atoms with Gasteiger partial charge in [-0.25, -0.2) is 0 Å². The summed E-state index contributed by atoms with van der Waals surface area (Å²) in [6.07, 6.45) is 0.0601. The third-order valence-electron chi connectivity index (χ3n) is 1.91. The Kier molecular flexibility index (Phi) is 4.96. The molecule has 0 unspecified atom stereocenters. The summed E-state index contributed by atoms with van der Waals surface area (Å²) in [4.78, 5) is 0. The van der Waals surface area contributed by atoms with Crippen molar-refractivity contribution in [1.29, 1.82) is 5.26 Å². The molecule has 1 rings (SSSR count). The number of rotatable bonds is 2. The highest BCUT2D eigenvalue weighted by molar-refractivity contribution is 5.85. The zero-order chi connectivity index (χ0) is 10.7. The van der Waals surface area contributed by atoms with Gasteiger partial charge in [-0.15, -0.1) is 12.4 Å². The highest BCUT2D eigenvalue weighted by Crippen LogP contribution is 2.29. The number of halogens is 1. The lowest BCUT2D eigenvalue weighted by atomic mass is 10.1. The molecule has 4 heteroatoms. The van der Waals surface area contributed by atoms with Crippen molar-refractivity contribution in [2.24, 2.45) is 0 Å². The summed E-state index contributed by atoms with van der Waals surface area (Å²) in [5, 5.41) is 8.82. The molecule has 0 saturated heterocycles. The lowest BCUT2D eigenvalue weighted by Gasteiger charge is -2.15. The molecule has 3 nitrogen and oxygen atoms in total. The molecule has 0 aliphatic carbocycles. The van der Waals surface area contributed by atoms with Gasteiger partial charge in [0.2, 0.25) is 0 Å². The molecule has 0 aliphatic rings. The van der Waals surface area contributed by atoms with E-state index in [0.29, 0.717) is 17.0 Å². The van der Waals surface area contributed by atoms with E-state index in [0.717, 1.165) is 5.56 Å². The number of benzene rings is 1. The molecule has 0 aliphatic heterocycles. The first-order valence-corrected chi connectivity index (χ1v) is 4.52. The largest absolute Gasteiger partial charge is 0.489 e. The highest BCUT2D eigenvalue weighted by Gasteiger charge is 2.10. The Hall–Kier alpha value is -1.40. The summed E-state index contributed by atoms with van der Waals surface area (Å²) in [6, 6.07) is 5.50. The van der Waals surface area contributed by atoms with Gasteiger partial charge in [0.1, 0.15) is 5.75 Å². The van der Waals surface area contributed by atoms with Gasteiger partial charge in [-0.1, -0.05) is 0 Å². The molecule has 2 N–H and O–H groups in total. The number of hydrogen-bond acceptors (Lipinski definition) is 3. The van der Waals surface area contributed by atoms with Crippen molar-refractivity contribution in [1.82, 2.24) is 0 Å². The molecule has 0 heterocycles. The Bertz CT molecular complexity index is 383. The van der Waals surface area contributed by atoms with Crippen molar-refractivity contribution < 1.29 is 4.74 Å². The van der Waals surface area contributed by atoms with Crippen LogP contribution in [-0.2, 0) is 0 Å². The summed E-state index contributed by atoms with van der Waals surface area (Å²) < 4.78 is 5.54. The highest BCUT2D eigenvalue weighted by atomic mass is 35.5. The van der Waals surface area contributed by atoms with E-state index >= 15 is 0 Å². The maximum Gasteiger partial charge on any atom is 0.146 e. The summed E-state index contributed by atoms with van der Waals surface area (Å²) in [6.45, 7) is 5.70. The van der Waals surface area contributed by atoms with Crippen LogP contribution in [0.15, 0.2) is 12.1 Å². The van der Waals surface area contributed by atoms with E-state index in [4.69, 9.17) is 15.7 Å². The molecule has 0 atom stereocenters. The summed E-state index contributed by atoms with van der Waals surface area (Å²) >= 11 is 0. The summed E-state index contributed by atoms with van der Waals surface area (Å²) in [7, 11) is 0. The van der Waals surface area contributed by atoms with Crippen LogP contribution in [0.2, 0.25) is 0 Å². The maximum atomic E-state index is 8.82. The maximum absolute atomic E-state index is 8.82. The van der Waals surface area contributed by atoms with E-state index < -0.39 is 0 Å². The van der Waals surface area contributed by atoms with Crippen LogP contribution in [0.3, 0.4) is 0 Å². The standard InChI is InChI=1S/C11H14N2O.ClH/c1-7(2)14-11-8(3)9(6-12)4-5-10(11)13;/h4-5,7H,13H2,1-3H3;1H. The van der Waals surface area contributed by atoms with Gasteiger partial charge < -0.3 is 10.5 Å². The van der Waals surface area contributed by atoms with E-state index in [1.807, 2.05) is 20.8 Å². The smallest absolute Gasteiger partial charge is 0.146 e. The number of nitrogens with two attached hydrogens (primary N) is 1. The molecule has 0 spiro atoms. The Labute approximate surface area is 96.3 Å². The minimum Gasteiger partial charge on any atom is -0.489 e. The second kappa shape index (κ2) is 5.47. The van der Waals surface area contributed by atoms with Gasteiger partial charge >= 0.3 is 0 Å². The van der Waals surface area contributed by atoms with Crippen molar-refractivity contribution in [3.05, 3.63) is 23.3 Å². The van der Waals surface area contributed by atoms with Gasteiger partial charge in [-0.2, -0.15) is 5.26 Å². The molecule has 0 fully saturated rings. The number of nitriles is 1. The fourth-order valence-electron chi connectivity index (χ4n) is 1.23. The monoisotopic (exact) mass is 226 g/mol. The number of anilines is 1. The lowest BCUT2D eigenvalue weighted by molar-refractivity contribution is 0.242. The van der Waals surface area contributed by atoms with Crippen LogP contribution in [0.5, 0.6) is 5.75 Å². The predicted molar refractivity (Wildman–Crippen MR) is 63.3 cm³/mol. The van der Waals surface area contributed by atoms with Crippen molar-refractivity contribution in [3.63, 3.8) is 0 Å². The average Bonchev–Trinajstić information content (AvgIpc) is 2.12. The minimum absolute atomic E-state index is 0. The first kappa shape index (κ1) is 13.6. The SMILES string of the molecule is Cc1c(C#N)ccc(N)c1OC(C)C.Cl. The van der Waals surface area contributed by atoms with E-state index in [1.165, 1.54) is 0 Å². The van der Waals surface area contributed by atoms with Gasteiger partial charge in [0, 0.05) is 5.56 Å². The topological polar surface area (TPSA) is 59.0 Å². The third-order valence-corrected chi connectivity index (χ3v) is 1.91. The Morgan fingerprint density at radius 1 is 1.40 bits per heavy atom. The lowest BCUT2D eigenvalue weighted by Crippen LogP contribution is -2.09. The van der Waals surface area contributed by atoms with Crippen LogP contribution in [0.1, 0.15) is 25.0 Å². The van der Waals surface area contributed by atoms with Crippen LogP contribution in [-0.4, -0.2) is 6.10 Å². The molecular formula is C11H15ClN2O. The fraction of sp³-hybridized carbons (Fsp3) is 0.364. The van der Waals surface area contributed by atoms with Crippen molar-refractivity contribution >= 4 is 18.1 Å². The molecule has 82 valence electrons. The van der Waals surface area contributed by atoms with E-state index in [2.05, 4.69) is 6.07 Å². The van der Waals surface area contributed by atoms with Gasteiger partial charge in [0.05, 0.1) is 23.4 Å². The molecule has 0 bridgehead atoms. The molecule has 15 heavy (non-hydrogen) atoms. The van der Waals surface area contributed by atoms with E-state index in [9.17, 15) is 0 Å². The van der Waals surface area contributed by atoms with Gasteiger partial charge in [0.15, 0.2) is 0 Å². The van der Waals surface area contributed by atoms with Crippen LogP contribution in [0, 0.1) is 18.3 Å². The van der Waals surface area contributed by atoms with Crippen LogP contribution in [0.4, 0.5) is 5.69 Å². The van der Waals surface area contributed by atoms with Crippen LogP contribution in [0.25, 0.3) is 0 Å². The second-order valence-corrected chi connectivity index (χ2v) is 3.43. The van der Waals surface area contributed by atoms with E-state index in [-0.39, 0.29) is 18.5 Å². The minimum atomic E-state index is 0. The number of nitrogens with zero attached hydrogens (tertiary/aromatic N) is 1. The molecule has 0 aromatic heterocycles. The zero-order valence-corrected chi connectivity index (χ0v) is 9.89. The molecule has 1 aromatic carbocycles. The predicted octanol–water partition coefficient (Wildman–Crippen LogP) is 2.66. The quantitative estimate of drug-likeness (QED) is 0.789. The number of ether oxygens (including phenoxy) is 1. The third kappa shape index (κ3) is 3.03. The molecule has 0 saturated carbocycles. The first-order chi connectivity index (χ1) is 6.56. The Morgan fingerprint density at radius 3 is 2.47 bits per heavy atom. The van der Waals surface area contributed by atoms with Crippen molar-refractivity contribution in [3.8, 4) is 11.8 Å². The molecule has 0 radical (unpaired) electrons. The van der Waals surface area contributed by atoms with Crippen molar-refractivity contribution in [2.75, 3.05) is 5.73 Å². The Morgan fingerprint density at radius 2 is 2.00 bits per heavy atom. The Balaban J connectivity index is 0.00000196. The van der Waals surface area contributed by atoms with Crippen LogP contribution < -0.4 is 10.5 Å². The molecular weight excluding hydrogens is 212 g/mol.